The highest BCUT2D eigenvalue weighted by Crippen LogP contribution is 2.24. The zero-order valence-electron chi connectivity index (χ0n) is 17.2. The van der Waals surface area contributed by atoms with Crippen molar-refractivity contribution in [2.24, 2.45) is 0 Å². The van der Waals surface area contributed by atoms with Crippen LogP contribution in [0.4, 0.5) is 5.69 Å². The van der Waals surface area contributed by atoms with Crippen LogP contribution in [0.3, 0.4) is 0 Å². The molecule has 8 heteroatoms. The molecule has 2 aromatic carbocycles. The highest BCUT2D eigenvalue weighted by Gasteiger charge is 2.21. The van der Waals surface area contributed by atoms with Gasteiger partial charge in [-0.3, -0.25) is 9.10 Å². The van der Waals surface area contributed by atoms with Gasteiger partial charge in [0.25, 0.3) is 0 Å². The van der Waals surface area contributed by atoms with Gasteiger partial charge in [0.1, 0.15) is 18.0 Å². The van der Waals surface area contributed by atoms with Crippen LogP contribution in [0.2, 0.25) is 0 Å². The summed E-state index contributed by atoms with van der Waals surface area (Å²) in [6.45, 7) is 6.17. The summed E-state index contributed by atoms with van der Waals surface area (Å²) in [5, 5.41) is 2.76. The number of nitrogens with one attached hydrogen (secondary N) is 1. The topological polar surface area (TPSA) is 84.9 Å². The number of hydrogen-bond acceptors (Lipinski definition) is 5. The molecule has 0 aromatic heterocycles. The van der Waals surface area contributed by atoms with E-state index in [1.807, 2.05) is 45.0 Å². The zero-order valence-corrected chi connectivity index (χ0v) is 18.0. The van der Waals surface area contributed by atoms with Crippen LogP contribution in [0.5, 0.6) is 11.5 Å². The molecule has 0 aliphatic heterocycles. The third kappa shape index (κ3) is 7.30. The fourth-order valence-electron chi connectivity index (χ4n) is 2.68. The Morgan fingerprint density at radius 1 is 1.10 bits per heavy atom. The molecule has 0 heterocycles. The van der Waals surface area contributed by atoms with Gasteiger partial charge in [0.2, 0.25) is 15.9 Å². The summed E-state index contributed by atoms with van der Waals surface area (Å²) in [7, 11) is -3.66. The molecular formula is C21H28N2O5S. The van der Waals surface area contributed by atoms with Crippen molar-refractivity contribution in [3.63, 3.8) is 0 Å². The lowest BCUT2D eigenvalue weighted by Crippen LogP contribution is -2.40. The van der Waals surface area contributed by atoms with Gasteiger partial charge in [-0.2, -0.15) is 0 Å². The van der Waals surface area contributed by atoms with Crippen molar-refractivity contribution in [2.45, 2.75) is 33.4 Å². The molecule has 2 aromatic rings. The average molecular weight is 421 g/mol. The summed E-state index contributed by atoms with van der Waals surface area (Å²) >= 11 is 0. The second kappa shape index (κ2) is 10.2. The fraction of sp³-hybridized carbons (Fsp3) is 0.381. The molecular weight excluding hydrogens is 392 g/mol. The van der Waals surface area contributed by atoms with Crippen LogP contribution in [0.1, 0.15) is 26.3 Å². The van der Waals surface area contributed by atoms with Gasteiger partial charge in [0, 0.05) is 12.6 Å². The van der Waals surface area contributed by atoms with E-state index in [1.165, 1.54) is 0 Å². The number of rotatable bonds is 10. The van der Waals surface area contributed by atoms with E-state index in [-0.39, 0.29) is 19.2 Å². The molecule has 0 saturated heterocycles. The third-order valence-corrected chi connectivity index (χ3v) is 5.00. The molecule has 29 heavy (non-hydrogen) atoms. The molecule has 1 N–H and O–H groups in total. The van der Waals surface area contributed by atoms with E-state index in [9.17, 15) is 13.2 Å². The zero-order chi connectivity index (χ0) is 21.4. The van der Waals surface area contributed by atoms with Crippen molar-refractivity contribution in [2.75, 3.05) is 23.7 Å². The second-order valence-electron chi connectivity index (χ2n) is 6.79. The lowest BCUT2D eigenvalue weighted by molar-refractivity contribution is -0.119. The number of hydrogen-bond donors (Lipinski definition) is 1. The summed E-state index contributed by atoms with van der Waals surface area (Å²) in [4.78, 5) is 12.4. The first-order valence-electron chi connectivity index (χ1n) is 9.42. The maximum atomic E-state index is 12.4. The Balaban J connectivity index is 2.09. The lowest BCUT2D eigenvalue weighted by atomic mass is 10.2. The number of sulfonamides is 1. The molecule has 0 spiro atoms. The number of ether oxygens (including phenoxy) is 2. The maximum Gasteiger partial charge on any atom is 0.241 e. The smallest absolute Gasteiger partial charge is 0.241 e. The van der Waals surface area contributed by atoms with Crippen molar-refractivity contribution in [1.29, 1.82) is 0 Å². The summed E-state index contributed by atoms with van der Waals surface area (Å²) in [5.74, 6) is 0.852. The summed E-state index contributed by atoms with van der Waals surface area (Å²) in [6.07, 6.45) is 1.02. The monoisotopic (exact) mass is 420 g/mol. The summed E-state index contributed by atoms with van der Waals surface area (Å²) in [5.41, 5.74) is 1.24. The van der Waals surface area contributed by atoms with E-state index < -0.39 is 15.9 Å². The molecule has 0 bridgehead atoms. The highest BCUT2D eigenvalue weighted by molar-refractivity contribution is 7.92. The van der Waals surface area contributed by atoms with Gasteiger partial charge in [-0.05, 0) is 50.6 Å². The quantitative estimate of drug-likeness (QED) is 0.639. The van der Waals surface area contributed by atoms with Crippen LogP contribution in [0.25, 0.3) is 0 Å². The van der Waals surface area contributed by atoms with Crippen molar-refractivity contribution < 1.29 is 22.7 Å². The first-order chi connectivity index (χ1) is 13.7. The van der Waals surface area contributed by atoms with Gasteiger partial charge >= 0.3 is 0 Å². The highest BCUT2D eigenvalue weighted by atomic mass is 32.2. The molecule has 0 radical (unpaired) electrons. The van der Waals surface area contributed by atoms with Gasteiger partial charge in [-0.1, -0.05) is 18.2 Å². The largest absolute Gasteiger partial charge is 0.494 e. The molecule has 158 valence electrons. The standard InChI is InChI=1S/C21H28N2O5S/c1-5-27-19-10-6-8-17(12-19)14-22-21(24)15-23(29(4,25)26)18-9-7-11-20(13-18)28-16(2)3/h6-13,16H,5,14-15H2,1-4H3,(H,22,24). The number of amides is 1. The second-order valence-corrected chi connectivity index (χ2v) is 8.70. The van der Waals surface area contributed by atoms with Gasteiger partial charge in [-0.15, -0.1) is 0 Å². The Morgan fingerprint density at radius 3 is 2.45 bits per heavy atom. The average Bonchev–Trinajstić information content (AvgIpc) is 2.64. The normalized spacial score (nSPS) is 11.2. The van der Waals surface area contributed by atoms with Crippen LogP contribution < -0.4 is 19.1 Å². The van der Waals surface area contributed by atoms with Crippen LogP contribution in [-0.4, -0.2) is 39.8 Å². The fourth-order valence-corrected chi connectivity index (χ4v) is 3.53. The molecule has 2 rings (SSSR count). The molecule has 0 fully saturated rings. The number of benzene rings is 2. The van der Waals surface area contributed by atoms with E-state index in [0.717, 1.165) is 21.9 Å². The SMILES string of the molecule is CCOc1cccc(CNC(=O)CN(c2cccc(OC(C)C)c2)S(C)(=O)=O)c1. The van der Waals surface area contributed by atoms with E-state index >= 15 is 0 Å². The first-order valence-corrected chi connectivity index (χ1v) is 11.3. The van der Waals surface area contributed by atoms with Crippen molar-refractivity contribution in [1.82, 2.24) is 5.32 Å². The van der Waals surface area contributed by atoms with Crippen LogP contribution in [0.15, 0.2) is 48.5 Å². The maximum absolute atomic E-state index is 12.4. The van der Waals surface area contributed by atoms with Gasteiger partial charge in [0.05, 0.1) is 24.7 Å². The number of carbonyl (C=O) groups excluding carboxylic acids is 1. The van der Waals surface area contributed by atoms with Crippen LogP contribution in [0, 0.1) is 0 Å². The van der Waals surface area contributed by atoms with E-state index in [1.54, 1.807) is 24.3 Å². The lowest BCUT2D eigenvalue weighted by Gasteiger charge is -2.23. The van der Waals surface area contributed by atoms with E-state index in [2.05, 4.69) is 5.32 Å². The predicted octanol–water partition coefficient (Wildman–Crippen LogP) is 2.95. The minimum absolute atomic E-state index is 0.0484. The van der Waals surface area contributed by atoms with Gasteiger partial charge in [-0.25, -0.2) is 8.42 Å². The molecule has 0 saturated carbocycles. The summed E-state index contributed by atoms with van der Waals surface area (Å²) in [6, 6.07) is 14.1. The first kappa shape index (κ1) is 22.5. The molecule has 1 amide bonds. The Kier molecular flexibility index (Phi) is 7.90. The van der Waals surface area contributed by atoms with Crippen molar-refractivity contribution >= 4 is 21.6 Å². The van der Waals surface area contributed by atoms with Gasteiger partial charge in [0.15, 0.2) is 0 Å². The Bertz CT molecular complexity index is 928. The van der Waals surface area contributed by atoms with Gasteiger partial charge < -0.3 is 14.8 Å². The molecule has 0 unspecified atom stereocenters. The molecule has 0 aliphatic carbocycles. The van der Waals surface area contributed by atoms with E-state index in [4.69, 9.17) is 9.47 Å². The third-order valence-electron chi connectivity index (χ3n) is 3.86. The summed E-state index contributed by atoms with van der Waals surface area (Å²) < 4.78 is 36.7. The van der Waals surface area contributed by atoms with Crippen LogP contribution >= 0.6 is 0 Å². The number of carbonyl (C=O) groups is 1. The molecule has 0 aliphatic rings. The van der Waals surface area contributed by atoms with Crippen LogP contribution in [-0.2, 0) is 21.4 Å². The Morgan fingerprint density at radius 2 is 1.79 bits per heavy atom. The van der Waals surface area contributed by atoms with Crippen molar-refractivity contribution in [3.8, 4) is 11.5 Å². The minimum Gasteiger partial charge on any atom is -0.494 e. The predicted molar refractivity (Wildman–Crippen MR) is 114 cm³/mol. The number of nitrogens with zero attached hydrogens (tertiary/aromatic N) is 1. The van der Waals surface area contributed by atoms with Crippen molar-refractivity contribution in [3.05, 3.63) is 54.1 Å². The molecule has 7 nitrogen and oxygen atoms in total. The molecule has 0 atom stereocenters. The number of anilines is 1. The Labute approximate surface area is 172 Å². The minimum atomic E-state index is -3.66. The van der Waals surface area contributed by atoms with E-state index in [0.29, 0.717) is 18.0 Å². The Hall–Kier alpha value is -2.74.